The largest absolute Gasteiger partial charge is 0.511 e. The minimum Gasteiger partial charge on any atom is -0.464 e. The quantitative estimate of drug-likeness (QED) is 0.167. The fraction of sp³-hybridized carbons (Fsp3) is 0.281. The molecule has 1 aliphatic carbocycles. The Morgan fingerprint density at radius 2 is 1.85 bits per heavy atom. The summed E-state index contributed by atoms with van der Waals surface area (Å²) in [6.07, 6.45) is 1.05. The SMILES string of the molecule is COCCOC(=O)OCOc1c2n(ccc1=O)N(C1c3ccccc3-c3occc3-c3c1ccc(F)c3F)C1COCCN1C2=O. The number of hydrogen-bond donors (Lipinski definition) is 0. The highest BCUT2D eigenvalue weighted by Crippen LogP contribution is 2.49. The van der Waals surface area contributed by atoms with Crippen LogP contribution in [0.5, 0.6) is 5.75 Å². The maximum Gasteiger partial charge on any atom is 0.511 e. The number of morpholine rings is 1. The molecule has 2 aromatic heterocycles. The number of methoxy groups -OCH3 is 1. The van der Waals surface area contributed by atoms with E-state index in [4.69, 9.17) is 28.1 Å². The summed E-state index contributed by atoms with van der Waals surface area (Å²) in [5, 5.41) is 1.78. The Hall–Kier alpha value is -5.21. The molecule has 1 amide bonds. The van der Waals surface area contributed by atoms with E-state index >= 15 is 4.39 Å². The van der Waals surface area contributed by atoms with Crippen molar-refractivity contribution in [2.24, 2.45) is 0 Å². The fourth-order valence-electron chi connectivity index (χ4n) is 6.22. The molecular formula is C32H27F2N3O9. The molecular weight excluding hydrogens is 608 g/mol. The zero-order chi connectivity index (χ0) is 31.9. The second kappa shape index (κ2) is 11.9. The van der Waals surface area contributed by atoms with Crippen molar-refractivity contribution in [1.82, 2.24) is 9.58 Å². The van der Waals surface area contributed by atoms with Gasteiger partial charge < -0.3 is 33.0 Å². The lowest BCUT2D eigenvalue weighted by Crippen LogP contribution is -2.66. The monoisotopic (exact) mass is 635 g/mol. The molecule has 1 fully saturated rings. The second-order valence-corrected chi connectivity index (χ2v) is 10.6. The summed E-state index contributed by atoms with van der Waals surface area (Å²) in [6.45, 7) is -0.155. The Labute approximate surface area is 260 Å². The number of ether oxygens (including phenoxy) is 5. The molecule has 0 N–H and O–H groups in total. The summed E-state index contributed by atoms with van der Waals surface area (Å²) >= 11 is 0. The minimum absolute atomic E-state index is 0.00424. The Bertz CT molecular complexity index is 1890. The van der Waals surface area contributed by atoms with Crippen LogP contribution >= 0.6 is 0 Å². The van der Waals surface area contributed by atoms with Crippen LogP contribution in [0, 0.1) is 11.6 Å². The van der Waals surface area contributed by atoms with Crippen molar-refractivity contribution in [1.29, 1.82) is 0 Å². The van der Waals surface area contributed by atoms with E-state index in [-0.39, 0.29) is 50.0 Å². The van der Waals surface area contributed by atoms with Crippen LogP contribution in [-0.4, -0.2) is 74.7 Å². The molecule has 12 nitrogen and oxygen atoms in total. The molecule has 4 heterocycles. The van der Waals surface area contributed by atoms with E-state index in [9.17, 15) is 18.8 Å². The van der Waals surface area contributed by atoms with Gasteiger partial charge in [-0.2, -0.15) is 0 Å². The molecule has 2 aromatic carbocycles. The number of hydrogen-bond acceptors (Lipinski definition) is 10. The summed E-state index contributed by atoms with van der Waals surface area (Å²) in [5.74, 6) is -2.63. The van der Waals surface area contributed by atoms with Gasteiger partial charge in [0.2, 0.25) is 18.0 Å². The molecule has 2 atom stereocenters. The highest BCUT2D eigenvalue weighted by molar-refractivity contribution is 5.97. The number of amides is 1. The number of nitrogens with zero attached hydrogens (tertiary/aromatic N) is 3. The van der Waals surface area contributed by atoms with Crippen LogP contribution in [0.15, 0.2) is 70.2 Å². The van der Waals surface area contributed by atoms with Gasteiger partial charge in [0.25, 0.3) is 5.91 Å². The average molecular weight is 636 g/mol. The molecule has 14 heteroatoms. The number of rotatable bonds is 7. The van der Waals surface area contributed by atoms with Crippen LogP contribution in [0.25, 0.3) is 22.5 Å². The molecule has 1 saturated heterocycles. The number of carbonyl (C=O) groups excluding carboxylic acids is 2. The average Bonchev–Trinajstić information content (AvgIpc) is 3.51. The number of carbonyl (C=O) groups is 2. The van der Waals surface area contributed by atoms with Gasteiger partial charge in [0.05, 0.1) is 32.1 Å². The lowest BCUT2D eigenvalue weighted by molar-refractivity contribution is -0.0216. The Morgan fingerprint density at radius 3 is 2.70 bits per heavy atom. The Balaban J connectivity index is 1.40. The first-order valence-electron chi connectivity index (χ1n) is 14.4. The van der Waals surface area contributed by atoms with E-state index in [1.165, 1.54) is 41.3 Å². The molecule has 46 heavy (non-hydrogen) atoms. The van der Waals surface area contributed by atoms with Gasteiger partial charge in [-0.25, -0.2) is 13.6 Å². The maximum atomic E-state index is 15.8. The first kappa shape index (κ1) is 29.5. The predicted octanol–water partition coefficient (Wildman–Crippen LogP) is 4.04. The molecule has 4 aromatic rings. The first-order chi connectivity index (χ1) is 22.4. The number of benzene rings is 2. The fourth-order valence-corrected chi connectivity index (χ4v) is 6.22. The molecule has 3 aliphatic rings. The van der Waals surface area contributed by atoms with E-state index in [1.807, 2.05) is 24.3 Å². The van der Waals surface area contributed by atoms with Gasteiger partial charge in [-0.3, -0.25) is 19.3 Å². The second-order valence-electron chi connectivity index (χ2n) is 10.6. The van der Waals surface area contributed by atoms with Crippen LogP contribution in [0.4, 0.5) is 13.6 Å². The van der Waals surface area contributed by atoms with Gasteiger partial charge in [-0.05, 0) is 23.3 Å². The third-order valence-corrected chi connectivity index (χ3v) is 8.16. The smallest absolute Gasteiger partial charge is 0.464 e. The Kier molecular flexibility index (Phi) is 7.66. The number of aromatic nitrogens is 1. The molecule has 0 radical (unpaired) electrons. The molecule has 2 unspecified atom stereocenters. The van der Waals surface area contributed by atoms with Crippen LogP contribution in [-0.2, 0) is 18.9 Å². The Morgan fingerprint density at radius 1 is 1.00 bits per heavy atom. The van der Waals surface area contributed by atoms with Gasteiger partial charge in [0, 0.05) is 42.6 Å². The molecule has 0 spiro atoms. The molecule has 238 valence electrons. The molecule has 2 aliphatic heterocycles. The van der Waals surface area contributed by atoms with Crippen LogP contribution < -0.4 is 15.2 Å². The zero-order valence-electron chi connectivity index (χ0n) is 24.4. The lowest BCUT2D eigenvalue weighted by Gasteiger charge is -2.51. The zero-order valence-corrected chi connectivity index (χ0v) is 24.4. The minimum atomic E-state index is -1.05. The summed E-state index contributed by atoms with van der Waals surface area (Å²) in [7, 11) is 1.44. The third kappa shape index (κ3) is 4.77. The molecule has 7 rings (SSSR count). The topological polar surface area (TPSA) is 122 Å². The summed E-state index contributed by atoms with van der Waals surface area (Å²) < 4.78 is 64.1. The van der Waals surface area contributed by atoms with E-state index in [2.05, 4.69) is 0 Å². The van der Waals surface area contributed by atoms with E-state index < -0.39 is 48.1 Å². The number of fused-ring (bicyclic) bond motifs is 7. The van der Waals surface area contributed by atoms with Gasteiger partial charge in [0.15, 0.2) is 17.3 Å². The van der Waals surface area contributed by atoms with Crippen molar-refractivity contribution in [2.45, 2.75) is 12.2 Å². The van der Waals surface area contributed by atoms with E-state index in [1.54, 1.807) is 11.1 Å². The van der Waals surface area contributed by atoms with Gasteiger partial charge in [0.1, 0.15) is 18.5 Å². The van der Waals surface area contributed by atoms with Gasteiger partial charge in [-0.1, -0.05) is 30.3 Å². The maximum absolute atomic E-state index is 15.8. The highest BCUT2D eigenvalue weighted by atomic mass is 19.2. The van der Waals surface area contributed by atoms with Crippen molar-refractivity contribution in [3.05, 3.63) is 99.7 Å². The number of halogens is 2. The predicted molar refractivity (Wildman–Crippen MR) is 156 cm³/mol. The summed E-state index contributed by atoms with van der Waals surface area (Å²) in [4.78, 5) is 40.7. The first-order valence-corrected chi connectivity index (χ1v) is 14.4. The third-order valence-electron chi connectivity index (χ3n) is 8.16. The van der Waals surface area contributed by atoms with Crippen LogP contribution in [0.2, 0.25) is 0 Å². The van der Waals surface area contributed by atoms with Crippen molar-refractivity contribution < 1.29 is 46.5 Å². The van der Waals surface area contributed by atoms with E-state index in [0.29, 0.717) is 28.0 Å². The highest BCUT2D eigenvalue weighted by Gasteiger charge is 2.47. The van der Waals surface area contributed by atoms with Gasteiger partial charge >= 0.3 is 6.16 Å². The number of furan rings is 1. The van der Waals surface area contributed by atoms with Crippen molar-refractivity contribution in [3.63, 3.8) is 0 Å². The van der Waals surface area contributed by atoms with Crippen molar-refractivity contribution in [2.75, 3.05) is 51.9 Å². The summed E-state index contributed by atoms with van der Waals surface area (Å²) in [6, 6.07) is 11.8. The molecule has 0 bridgehead atoms. The van der Waals surface area contributed by atoms with Gasteiger partial charge in [-0.15, -0.1) is 0 Å². The lowest BCUT2D eigenvalue weighted by atomic mass is 9.92. The van der Waals surface area contributed by atoms with Crippen LogP contribution in [0.1, 0.15) is 27.7 Å². The van der Waals surface area contributed by atoms with Crippen molar-refractivity contribution >= 4 is 12.1 Å². The van der Waals surface area contributed by atoms with Crippen molar-refractivity contribution in [3.8, 4) is 28.2 Å². The van der Waals surface area contributed by atoms with E-state index in [0.717, 1.165) is 6.07 Å². The van der Waals surface area contributed by atoms with Crippen LogP contribution in [0.3, 0.4) is 0 Å². The summed E-state index contributed by atoms with van der Waals surface area (Å²) in [5.41, 5.74) is 1.26. The standard InChI is InChI=1S/C32H27F2N3O9/c1-41-14-15-44-32(40)46-17-45-30-23(38)8-10-36-28(30)31(39)35-11-13-42-16-24(35)37(36)27-18-4-2-3-5-19(18)29-21(9-12-43-29)25-20(27)6-7-22(33)26(25)34/h2-10,12,24,27H,11,13-17H2,1H3. The number of pyridine rings is 1. The molecule has 0 saturated carbocycles. The normalized spacial score (nSPS) is 18.0.